The molecule has 3 nitrogen and oxygen atoms in total. The van der Waals surface area contributed by atoms with Crippen molar-refractivity contribution in [2.45, 2.75) is 20.4 Å². The molecular formula is C16H19ClN2O. The molecule has 0 amide bonds. The van der Waals surface area contributed by atoms with Crippen LogP contribution in [-0.4, -0.2) is 11.5 Å². The van der Waals surface area contributed by atoms with Crippen LogP contribution in [0.15, 0.2) is 41.2 Å². The van der Waals surface area contributed by atoms with Crippen molar-refractivity contribution < 1.29 is 0 Å². The van der Waals surface area contributed by atoms with E-state index in [1.807, 2.05) is 36.4 Å². The van der Waals surface area contributed by atoms with Crippen LogP contribution in [0.4, 0.5) is 0 Å². The lowest BCUT2D eigenvalue weighted by molar-refractivity contribution is 0.551. The van der Waals surface area contributed by atoms with Crippen LogP contribution >= 0.6 is 11.6 Å². The predicted molar refractivity (Wildman–Crippen MR) is 84.1 cm³/mol. The van der Waals surface area contributed by atoms with E-state index in [2.05, 4.69) is 24.1 Å². The van der Waals surface area contributed by atoms with E-state index in [4.69, 9.17) is 11.6 Å². The zero-order valence-electron chi connectivity index (χ0n) is 11.7. The highest BCUT2D eigenvalue weighted by molar-refractivity contribution is 6.30. The molecule has 0 bridgehead atoms. The lowest BCUT2D eigenvalue weighted by Gasteiger charge is -2.08. The summed E-state index contributed by atoms with van der Waals surface area (Å²) in [6.45, 7) is 5.77. The molecule has 4 heteroatoms. The smallest absolute Gasteiger partial charge is 0.252 e. The average molecular weight is 291 g/mol. The first kappa shape index (κ1) is 14.8. The van der Waals surface area contributed by atoms with E-state index in [0.29, 0.717) is 17.5 Å². The quantitative estimate of drug-likeness (QED) is 0.886. The van der Waals surface area contributed by atoms with Crippen molar-refractivity contribution in [3.05, 3.63) is 57.3 Å². The molecule has 0 atom stereocenters. The number of aromatic amines is 1. The van der Waals surface area contributed by atoms with Crippen LogP contribution in [0, 0.1) is 5.92 Å². The van der Waals surface area contributed by atoms with Gasteiger partial charge in [-0.05, 0) is 36.2 Å². The normalized spacial score (nSPS) is 11.0. The van der Waals surface area contributed by atoms with Gasteiger partial charge in [-0.25, -0.2) is 0 Å². The van der Waals surface area contributed by atoms with Crippen molar-refractivity contribution in [3.8, 4) is 11.3 Å². The van der Waals surface area contributed by atoms with Gasteiger partial charge in [-0.3, -0.25) is 4.79 Å². The van der Waals surface area contributed by atoms with E-state index < -0.39 is 0 Å². The number of pyridine rings is 1. The van der Waals surface area contributed by atoms with Gasteiger partial charge in [-0.15, -0.1) is 0 Å². The number of aromatic nitrogens is 1. The molecule has 1 aromatic heterocycles. The average Bonchev–Trinajstić information content (AvgIpc) is 2.41. The Kier molecular flexibility index (Phi) is 4.99. The first-order valence-corrected chi connectivity index (χ1v) is 7.13. The maximum absolute atomic E-state index is 12.0. The fourth-order valence-corrected chi connectivity index (χ4v) is 2.06. The molecule has 1 heterocycles. The SMILES string of the molecule is CC(C)CNCc1ccc(-c2ccc(Cl)cc2)[nH]c1=O. The highest BCUT2D eigenvalue weighted by atomic mass is 35.5. The molecule has 1 aromatic carbocycles. The summed E-state index contributed by atoms with van der Waals surface area (Å²) >= 11 is 5.86. The molecule has 0 saturated heterocycles. The van der Waals surface area contributed by atoms with Gasteiger partial charge in [0.05, 0.1) is 0 Å². The molecule has 0 aliphatic carbocycles. The third-order valence-electron chi connectivity index (χ3n) is 3.01. The van der Waals surface area contributed by atoms with E-state index in [9.17, 15) is 4.79 Å². The second-order valence-corrected chi connectivity index (χ2v) is 5.69. The maximum Gasteiger partial charge on any atom is 0.252 e. The van der Waals surface area contributed by atoms with Crippen LogP contribution in [0.25, 0.3) is 11.3 Å². The van der Waals surface area contributed by atoms with E-state index >= 15 is 0 Å². The summed E-state index contributed by atoms with van der Waals surface area (Å²) in [6, 6.07) is 11.2. The number of nitrogens with one attached hydrogen (secondary N) is 2. The monoisotopic (exact) mass is 290 g/mol. The first-order valence-electron chi connectivity index (χ1n) is 6.75. The summed E-state index contributed by atoms with van der Waals surface area (Å²) in [5.41, 5.74) is 2.46. The molecule has 0 aliphatic rings. The van der Waals surface area contributed by atoms with E-state index in [0.717, 1.165) is 23.4 Å². The van der Waals surface area contributed by atoms with Gasteiger partial charge in [0.15, 0.2) is 0 Å². The predicted octanol–water partition coefficient (Wildman–Crippen LogP) is 3.44. The van der Waals surface area contributed by atoms with Crippen LogP contribution in [0.2, 0.25) is 5.02 Å². The van der Waals surface area contributed by atoms with Crippen LogP contribution in [0.3, 0.4) is 0 Å². The van der Waals surface area contributed by atoms with Crippen molar-refractivity contribution in [3.63, 3.8) is 0 Å². The Morgan fingerprint density at radius 1 is 1.15 bits per heavy atom. The van der Waals surface area contributed by atoms with Gasteiger partial charge in [0.1, 0.15) is 0 Å². The molecule has 0 fully saturated rings. The van der Waals surface area contributed by atoms with Gasteiger partial charge in [0, 0.05) is 22.8 Å². The minimum absolute atomic E-state index is 0.0475. The Labute approximate surface area is 124 Å². The Balaban J connectivity index is 2.13. The number of H-pyrrole nitrogens is 1. The van der Waals surface area contributed by atoms with Crippen molar-refractivity contribution in [1.29, 1.82) is 0 Å². The summed E-state index contributed by atoms with van der Waals surface area (Å²) in [4.78, 5) is 14.9. The van der Waals surface area contributed by atoms with E-state index in [1.165, 1.54) is 0 Å². The number of hydrogen-bond acceptors (Lipinski definition) is 2. The third kappa shape index (κ3) is 3.95. The van der Waals surface area contributed by atoms with E-state index in [-0.39, 0.29) is 5.56 Å². The molecular weight excluding hydrogens is 272 g/mol. The highest BCUT2D eigenvalue weighted by Crippen LogP contribution is 2.18. The third-order valence-corrected chi connectivity index (χ3v) is 3.27. The maximum atomic E-state index is 12.0. The minimum Gasteiger partial charge on any atom is -0.322 e. The lowest BCUT2D eigenvalue weighted by Crippen LogP contribution is -2.24. The summed E-state index contributed by atoms with van der Waals surface area (Å²) in [5, 5.41) is 3.96. The number of halogens is 1. The zero-order valence-corrected chi connectivity index (χ0v) is 12.5. The van der Waals surface area contributed by atoms with Gasteiger partial charge in [-0.1, -0.05) is 43.6 Å². The number of rotatable bonds is 5. The number of benzene rings is 1. The van der Waals surface area contributed by atoms with Gasteiger partial charge >= 0.3 is 0 Å². The summed E-state index contributed by atoms with van der Waals surface area (Å²) in [6.07, 6.45) is 0. The number of hydrogen-bond donors (Lipinski definition) is 2. The van der Waals surface area contributed by atoms with Crippen molar-refractivity contribution in [2.75, 3.05) is 6.54 Å². The molecule has 2 rings (SSSR count). The van der Waals surface area contributed by atoms with Crippen LogP contribution in [0.1, 0.15) is 19.4 Å². The van der Waals surface area contributed by atoms with Crippen molar-refractivity contribution in [2.24, 2.45) is 5.92 Å². The summed E-state index contributed by atoms with van der Waals surface area (Å²) in [7, 11) is 0. The second kappa shape index (κ2) is 6.73. The molecule has 20 heavy (non-hydrogen) atoms. The summed E-state index contributed by atoms with van der Waals surface area (Å²) in [5.74, 6) is 0.572. The fraction of sp³-hybridized carbons (Fsp3) is 0.312. The van der Waals surface area contributed by atoms with Crippen molar-refractivity contribution >= 4 is 11.6 Å². The Morgan fingerprint density at radius 2 is 1.85 bits per heavy atom. The Bertz CT molecular complexity index is 617. The molecule has 0 radical (unpaired) electrons. The van der Waals surface area contributed by atoms with Gasteiger partial charge in [0.2, 0.25) is 0 Å². The lowest BCUT2D eigenvalue weighted by atomic mass is 10.1. The first-order chi connectivity index (χ1) is 9.56. The topological polar surface area (TPSA) is 44.9 Å². The van der Waals surface area contributed by atoms with Gasteiger partial charge in [-0.2, -0.15) is 0 Å². The standard InChI is InChI=1S/C16H19ClN2O/c1-11(2)9-18-10-13-5-8-15(19-16(13)20)12-3-6-14(17)7-4-12/h3-8,11,18H,9-10H2,1-2H3,(H,19,20). The minimum atomic E-state index is -0.0475. The molecule has 0 aliphatic heterocycles. The van der Waals surface area contributed by atoms with Crippen LogP contribution < -0.4 is 10.9 Å². The van der Waals surface area contributed by atoms with Crippen molar-refractivity contribution in [1.82, 2.24) is 10.3 Å². The molecule has 0 spiro atoms. The fourth-order valence-electron chi connectivity index (χ4n) is 1.94. The van der Waals surface area contributed by atoms with Crippen LogP contribution in [0.5, 0.6) is 0 Å². The Hall–Kier alpha value is -1.58. The zero-order chi connectivity index (χ0) is 14.5. The van der Waals surface area contributed by atoms with Gasteiger partial charge < -0.3 is 10.3 Å². The van der Waals surface area contributed by atoms with E-state index in [1.54, 1.807) is 0 Å². The largest absolute Gasteiger partial charge is 0.322 e. The molecule has 106 valence electrons. The molecule has 0 saturated carbocycles. The highest BCUT2D eigenvalue weighted by Gasteiger charge is 2.03. The van der Waals surface area contributed by atoms with Crippen LogP contribution in [-0.2, 0) is 6.54 Å². The Morgan fingerprint density at radius 3 is 2.45 bits per heavy atom. The molecule has 2 N–H and O–H groups in total. The molecule has 0 unspecified atom stereocenters. The summed E-state index contributed by atoms with van der Waals surface area (Å²) < 4.78 is 0. The van der Waals surface area contributed by atoms with Gasteiger partial charge in [0.25, 0.3) is 5.56 Å². The second-order valence-electron chi connectivity index (χ2n) is 5.26. The molecule has 2 aromatic rings.